The van der Waals surface area contributed by atoms with Crippen LogP contribution in [0.2, 0.25) is 0 Å². The topological polar surface area (TPSA) is 92.4 Å². The first kappa shape index (κ1) is 12.9. The Morgan fingerprint density at radius 2 is 2.12 bits per heavy atom. The number of nitrogen functional groups attached to an aromatic ring is 1. The Kier molecular flexibility index (Phi) is 3.84. The van der Waals surface area contributed by atoms with Crippen molar-refractivity contribution < 1.29 is 17.9 Å². The van der Waals surface area contributed by atoms with Gasteiger partial charge in [0, 0.05) is 12.2 Å². The molecular formula is C9H13FN2O3S. The molecule has 0 amide bonds. The lowest BCUT2D eigenvalue weighted by Gasteiger charge is -2.08. The molecule has 0 unspecified atom stereocenters. The number of aryl methyl sites for hydroxylation is 1. The molecule has 1 rings (SSSR count). The number of nitrogens with two attached hydrogens (primary N) is 1. The molecule has 16 heavy (non-hydrogen) atoms. The summed E-state index contributed by atoms with van der Waals surface area (Å²) in [4.78, 5) is -0.510. The van der Waals surface area contributed by atoms with Crippen molar-refractivity contribution in [3.8, 4) is 0 Å². The van der Waals surface area contributed by atoms with Crippen LogP contribution in [0.4, 0.5) is 10.1 Å². The van der Waals surface area contributed by atoms with Crippen molar-refractivity contribution in [3.63, 3.8) is 0 Å². The molecule has 0 atom stereocenters. The first-order valence-corrected chi connectivity index (χ1v) is 6.03. The minimum absolute atomic E-state index is 0.171. The fourth-order valence-corrected chi connectivity index (χ4v) is 2.25. The van der Waals surface area contributed by atoms with Crippen molar-refractivity contribution in [1.82, 2.24) is 4.72 Å². The Balaban J connectivity index is 3.18. The summed E-state index contributed by atoms with van der Waals surface area (Å²) in [5, 5.41) is 8.50. The Morgan fingerprint density at radius 3 is 2.69 bits per heavy atom. The van der Waals surface area contributed by atoms with Gasteiger partial charge in [-0.1, -0.05) is 0 Å². The van der Waals surface area contributed by atoms with Crippen molar-refractivity contribution in [2.24, 2.45) is 0 Å². The third kappa shape index (κ3) is 2.69. The van der Waals surface area contributed by atoms with Crippen molar-refractivity contribution >= 4 is 15.7 Å². The molecule has 0 aliphatic carbocycles. The average molecular weight is 248 g/mol. The summed E-state index contributed by atoms with van der Waals surface area (Å²) in [6, 6.07) is 2.12. The van der Waals surface area contributed by atoms with Crippen LogP contribution in [0.3, 0.4) is 0 Å². The van der Waals surface area contributed by atoms with Gasteiger partial charge < -0.3 is 10.8 Å². The van der Waals surface area contributed by atoms with Gasteiger partial charge in [0.2, 0.25) is 10.0 Å². The van der Waals surface area contributed by atoms with E-state index in [9.17, 15) is 12.8 Å². The highest BCUT2D eigenvalue weighted by Gasteiger charge is 2.19. The van der Waals surface area contributed by atoms with E-state index < -0.39 is 20.7 Å². The van der Waals surface area contributed by atoms with Gasteiger partial charge in [-0.3, -0.25) is 0 Å². The number of benzene rings is 1. The highest BCUT2D eigenvalue weighted by Crippen LogP contribution is 2.20. The van der Waals surface area contributed by atoms with E-state index in [4.69, 9.17) is 10.8 Å². The standard InChI is InChI=1S/C9H13FN2O3S/c1-6-4-7(10)9(5-8(6)11)16(14,15)12-2-3-13/h4-5,12-13H,2-3,11H2,1H3. The second kappa shape index (κ2) is 4.77. The Labute approximate surface area is 93.1 Å². The number of aliphatic hydroxyl groups excluding tert-OH is 1. The van der Waals surface area contributed by atoms with Gasteiger partial charge in [0.15, 0.2) is 0 Å². The third-order valence-corrected chi connectivity index (χ3v) is 3.49. The van der Waals surface area contributed by atoms with Crippen molar-refractivity contribution in [2.75, 3.05) is 18.9 Å². The maximum absolute atomic E-state index is 13.4. The summed E-state index contributed by atoms with van der Waals surface area (Å²) in [6.45, 7) is 1.05. The van der Waals surface area contributed by atoms with Crippen LogP contribution in [0.25, 0.3) is 0 Å². The minimum atomic E-state index is -3.96. The van der Waals surface area contributed by atoms with Crippen LogP contribution < -0.4 is 10.5 Å². The van der Waals surface area contributed by atoms with E-state index in [2.05, 4.69) is 0 Å². The molecule has 5 nitrogen and oxygen atoms in total. The molecule has 0 fully saturated rings. The largest absolute Gasteiger partial charge is 0.398 e. The van der Waals surface area contributed by atoms with E-state index in [1.807, 2.05) is 4.72 Å². The summed E-state index contributed by atoms with van der Waals surface area (Å²) in [5.74, 6) is -0.864. The SMILES string of the molecule is Cc1cc(F)c(S(=O)(=O)NCCO)cc1N. The quantitative estimate of drug-likeness (QED) is 0.653. The normalized spacial score (nSPS) is 11.7. The molecule has 1 aromatic carbocycles. The maximum atomic E-state index is 13.4. The zero-order valence-electron chi connectivity index (χ0n) is 8.70. The van der Waals surface area contributed by atoms with Gasteiger partial charge >= 0.3 is 0 Å². The van der Waals surface area contributed by atoms with Gasteiger partial charge in [-0.15, -0.1) is 0 Å². The number of aliphatic hydroxyl groups is 1. The number of halogens is 1. The molecule has 4 N–H and O–H groups in total. The lowest BCUT2D eigenvalue weighted by molar-refractivity contribution is 0.301. The van der Waals surface area contributed by atoms with Gasteiger partial charge in [0.1, 0.15) is 10.7 Å². The summed E-state index contributed by atoms with van der Waals surface area (Å²) >= 11 is 0. The van der Waals surface area contributed by atoms with Crippen molar-refractivity contribution in [3.05, 3.63) is 23.5 Å². The molecule has 90 valence electrons. The Bertz CT molecular complexity index is 488. The molecular weight excluding hydrogens is 235 g/mol. The molecule has 0 saturated carbocycles. The number of anilines is 1. The first-order chi connectivity index (χ1) is 7.38. The molecule has 0 spiro atoms. The number of rotatable bonds is 4. The third-order valence-electron chi connectivity index (χ3n) is 2.01. The zero-order valence-corrected chi connectivity index (χ0v) is 9.51. The molecule has 0 aliphatic heterocycles. The average Bonchev–Trinajstić information content (AvgIpc) is 2.20. The van der Waals surface area contributed by atoms with Gasteiger partial charge in [-0.05, 0) is 24.6 Å². The summed E-state index contributed by atoms with van der Waals surface area (Å²) in [5.41, 5.74) is 6.18. The Hall–Kier alpha value is -1.18. The van der Waals surface area contributed by atoms with E-state index in [-0.39, 0.29) is 18.8 Å². The van der Waals surface area contributed by atoms with Crippen LogP contribution in [0.15, 0.2) is 17.0 Å². The lowest BCUT2D eigenvalue weighted by Crippen LogP contribution is -2.27. The van der Waals surface area contributed by atoms with Gasteiger partial charge in [-0.2, -0.15) is 0 Å². The second-order valence-electron chi connectivity index (χ2n) is 3.26. The van der Waals surface area contributed by atoms with Crippen LogP contribution >= 0.6 is 0 Å². The number of hydrogen-bond donors (Lipinski definition) is 3. The smallest absolute Gasteiger partial charge is 0.243 e. The molecule has 0 bridgehead atoms. The van der Waals surface area contributed by atoms with Crippen molar-refractivity contribution in [2.45, 2.75) is 11.8 Å². The van der Waals surface area contributed by atoms with E-state index in [0.29, 0.717) is 5.56 Å². The van der Waals surface area contributed by atoms with Gasteiger partial charge in [-0.25, -0.2) is 17.5 Å². The summed E-state index contributed by atoms with van der Waals surface area (Å²) < 4.78 is 38.6. The molecule has 0 aliphatic rings. The maximum Gasteiger partial charge on any atom is 0.243 e. The van der Waals surface area contributed by atoms with Crippen molar-refractivity contribution in [1.29, 1.82) is 0 Å². The predicted octanol–water partition coefficient (Wildman–Crippen LogP) is -0.0131. The number of nitrogens with one attached hydrogen (secondary N) is 1. The van der Waals surface area contributed by atoms with Crippen LogP contribution in [-0.4, -0.2) is 26.7 Å². The first-order valence-electron chi connectivity index (χ1n) is 4.54. The van der Waals surface area contributed by atoms with E-state index >= 15 is 0 Å². The number of hydrogen-bond acceptors (Lipinski definition) is 4. The van der Waals surface area contributed by atoms with Crippen LogP contribution in [0, 0.1) is 12.7 Å². The minimum Gasteiger partial charge on any atom is -0.398 e. The fraction of sp³-hybridized carbons (Fsp3) is 0.333. The van der Waals surface area contributed by atoms with Crippen LogP contribution in [-0.2, 0) is 10.0 Å². The Morgan fingerprint density at radius 1 is 1.50 bits per heavy atom. The molecule has 0 saturated heterocycles. The van der Waals surface area contributed by atoms with E-state index in [1.165, 1.54) is 0 Å². The molecule has 7 heteroatoms. The second-order valence-corrected chi connectivity index (χ2v) is 5.00. The summed E-state index contributed by atoms with van der Waals surface area (Å²) in [6.07, 6.45) is 0. The molecule has 0 heterocycles. The molecule has 1 aromatic rings. The monoisotopic (exact) mass is 248 g/mol. The predicted molar refractivity (Wildman–Crippen MR) is 57.8 cm³/mol. The van der Waals surface area contributed by atoms with Gasteiger partial charge in [0.25, 0.3) is 0 Å². The van der Waals surface area contributed by atoms with Gasteiger partial charge in [0.05, 0.1) is 6.61 Å². The molecule has 0 aromatic heterocycles. The summed E-state index contributed by atoms with van der Waals surface area (Å²) in [7, 11) is -3.96. The highest BCUT2D eigenvalue weighted by atomic mass is 32.2. The van der Waals surface area contributed by atoms with E-state index in [0.717, 1.165) is 12.1 Å². The highest BCUT2D eigenvalue weighted by molar-refractivity contribution is 7.89. The van der Waals surface area contributed by atoms with E-state index in [1.54, 1.807) is 6.92 Å². The van der Waals surface area contributed by atoms with Crippen LogP contribution in [0.5, 0.6) is 0 Å². The molecule has 0 radical (unpaired) electrons. The van der Waals surface area contributed by atoms with Crippen LogP contribution in [0.1, 0.15) is 5.56 Å². The zero-order chi connectivity index (χ0) is 12.3. The number of sulfonamides is 1. The lowest BCUT2D eigenvalue weighted by atomic mass is 10.2. The fourth-order valence-electron chi connectivity index (χ4n) is 1.13.